The third-order valence-electron chi connectivity index (χ3n) is 3.03. The van der Waals surface area contributed by atoms with Crippen molar-refractivity contribution in [2.45, 2.75) is 44.9 Å². The van der Waals surface area contributed by atoms with Gasteiger partial charge in [0.25, 0.3) is 0 Å². The average Bonchev–Trinajstić information content (AvgIpc) is 2.63. The van der Waals surface area contributed by atoms with E-state index < -0.39 is 48.0 Å². The second kappa shape index (κ2) is 6.90. The molecule has 0 aromatic rings. The monoisotopic (exact) mass is 321 g/mol. The molecule has 1 amide bonds. The highest BCUT2D eigenvalue weighted by atomic mass is 16.7. The van der Waals surface area contributed by atoms with Crippen LogP contribution in [0.5, 0.6) is 0 Å². The van der Waals surface area contributed by atoms with Gasteiger partial charge in [-0.25, -0.2) is 9.59 Å². The molecular weight excluding hydrogens is 302 g/mol. The number of aliphatic hydroxyl groups excluding tert-OH is 2. The van der Waals surface area contributed by atoms with Gasteiger partial charge in [-0.15, -0.1) is 0 Å². The van der Waals surface area contributed by atoms with Gasteiger partial charge in [0, 0.05) is 6.54 Å². The normalized spacial score (nSPS) is 28.2. The van der Waals surface area contributed by atoms with Crippen molar-refractivity contribution in [2.24, 2.45) is 5.41 Å². The molecule has 0 aliphatic carbocycles. The van der Waals surface area contributed by atoms with Crippen molar-refractivity contribution in [1.29, 1.82) is 0 Å². The predicted molar refractivity (Wildman–Crippen MR) is 68.8 cm³/mol. The first-order chi connectivity index (χ1) is 10.0. The molecular formula is C12H19NO9. The zero-order valence-electron chi connectivity index (χ0n) is 12.1. The number of alkyl carbamates (subject to hydrolysis) is 1. The smallest absolute Gasteiger partial charge is 0.409 e. The van der Waals surface area contributed by atoms with Crippen molar-refractivity contribution in [3.8, 4) is 0 Å². The molecule has 1 aliphatic heterocycles. The Kier molecular flexibility index (Phi) is 5.69. The first-order valence-electron chi connectivity index (χ1n) is 6.44. The van der Waals surface area contributed by atoms with Crippen LogP contribution >= 0.6 is 0 Å². The van der Waals surface area contributed by atoms with Crippen LogP contribution < -0.4 is 5.32 Å². The highest BCUT2D eigenvalue weighted by molar-refractivity contribution is 5.74. The van der Waals surface area contributed by atoms with Crippen LogP contribution in [0.4, 0.5) is 4.79 Å². The van der Waals surface area contributed by atoms with Gasteiger partial charge in [0.1, 0.15) is 12.2 Å². The van der Waals surface area contributed by atoms with Gasteiger partial charge in [0.2, 0.25) is 6.29 Å². The molecule has 10 heteroatoms. The molecule has 10 nitrogen and oxygen atoms in total. The molecule has 5 N–H and O–H groups in total. The summed E-state index contributed by atoms with van der Waals surface area (Å²) in [4.78, 5) is 32.9. The fourth-order valence-corrected chi connectivity index (χ4v) is 1.88. The van der Waals surface area contributed by atoms with Gasteiger partial charge in [-0.1, -0.05) is 13.8 Å². The van der Waals surface area contributed by atoms with E-state index in [1.54, 1.807) is 13.8 Å². The maximum atomic E-state index is 11.6. The second-order valence-corrected chi connectivity index (χ2v) is 5.74. The van der Waals surface area contributed by atoms with Gasteiger partial charge in [-0.2, -0.15) is 0 Å². The molecule has 126 valence electrons. The highest BCUT2D eigenvalue weighted by Gasteiger charge is 2.48. The lowest BCUT2D eigenvalue weighted by molar-refractivity contribution is -0.165. The van der Waals surface area contributed by atoms with E-state index in [-0.39, 0.29) is 13.0 Å². The van der Waals surface area contributed by atoms with Crippen molar-refractivity contribution in [2.75, 3.05) is 6.54 Å². The van der Waals surface area contributed by atoms with Crippen molar-refractivity contribution in [1.82, 2.24) is 5.32 Å². The van der Waals surface area contributed by atoms with Crippen LogP contribution in [0.2, 0.25) is 0 Å². The van der Waals surface area contributed by atoms with E-state index in [9.17, 15) is 24.6 Å². The van der Waals surface area contributed by atoms with E-state index in [2.05, 4.69) is 10.1 Å². The van der Waals surface area contributed by atoms with Crippen LogP contribution in [-0.4, -0.2) is 69.6 Å². The molecule has 1 saturated heterocycles. The summed E-state index contributed by atoms with van der Waals surface area (Å²) in [6.07, 6.45) is -7.95. The predicted octanol–water partition coefficient (Wildman–Crippen LogP) is -1.26. The van der Waals surface area contributed by atoms with Gasteiger partial charge >= 0.3 is 18.0 Å². The van der Waals surface area contributed by atoms with Crippen LogP contribution in [0.3, 0.4) is 0 Å². The molecule has 3 unspecified atom stereocenters. The summed E-state index contributed by atoms with van der Waals surface area (Å²) in [5.41, 5.74) is -0.733. The minimum absolute atomic E-state index is 0.0220. The number of rotatable bonds is 6. The molecule has 0 radical (unpaired) electrons. The summed E-state index contributed by atoms with van der Waals surface area (Å²) in [5, 5.41) is 38.7. The van der Waals surface area contributed by atoms with Crippen molar-refractivity contribution >= 4 is 18.0 Å². The summed E-state index contributed by atoms with van der Waals surface area (Å²) < 4.78 is 9.42. The zero-order chi connectivity index (χ0) is 17.1. The molecule has 1 aliphatic rings. The van der Waals surface area contributed by atoms with E-state index in [0.29, 0.717) is 0 Å². The number of carboxylic acid groups (broad SMARTS) is 2. The maximum Gasteiger partial charge on any atom is 0.409 e. The summed E-state index contributed by atoms with van der Waals surface area (Å²) in [6, 6.07) is 0. The number of carbonyl (C=O) groups excluding carboxylic acids is 1. The van der Waals surface area contributed by atoms with Gasteiger partial charge in [-0.05, 0) is 5.41 Å². The Labute approximate surface area is 125 Å². The lowest BCUT2D eigenvalue weighted by Crippen LogP contribution is -2.40. The summed E-state index contributed by atoms with van der Waals surface area (Å²) in [5.74, 6) is -2.53. The summed E-state index contributed by atoms with van der Waals surface area (Å²) in [6.45, 7) is 3.21. The zero-order valence-corrected chi connectivity index (χ0v) is 12.1. The van der Waals surface area contributed by atoms with Crippen molar-refractivity contribution in [3.63, 3.8) is 0 Å². The number of amides is 1. The van der Waals surface area contributed by atoms with Crippen molar-refractivity contribution in [3.05, 3.63) is 0 Å². The Hall–Kier alpha value is -1.91. The van der Waals surface area contributed by atoms with Gasteiger partial charge in [0.15, 0.2) is 6.10 Å². The lowest BCUT2D eigenvalue weighted by Gasteiger charge is -2.23. The van der Waals surface area contributed by atoms with Gasteiger partial charge in [-0.3, -0.25) is 4.79 Å². The number of carboxylic acids is 2. The Balaban J connectivity index is 2.49. The maximum absolute atomic E-state index is 11.6. The van der Waals surface area contributed by atoms with Gasteiger partial charge in [0.05, 0.1) is 6.42 Å². The number of hydrogen-bond donors (Lipinski definition) is 5. The van der Waals surface area contributed by atoms with Crippen LogP contribution in [0.15, 0.2) is 0 Å². The van der Waals surface area contributed by atoms with E-state index in [4.69, 9.17) is 14.9 Å². The Morgan fingerprint density at radius 1 is 1.18 bits per heavy atom. The number of hydrogen-bond acceptors (Lipinski definition) is 7. The Morgan fingerprint density at radius 3 is 2.23 bits per heavy atom. The standard InChI is InChI=1S/C12H19NO9/c1-12(2,3-5(14)15)4-13-11(20)22-10-7(17)6(16)8(21-10)9(18)19/h6-8,10,16-17H,3-4H2,1-2H3,(H,13,20)(H,14,15)(H,18,19)/t6?,7-,8?,10?/m1/s1. The SMILES string of the molecule is CC(C)(CNC(=O)OC1OC(C(=O)O)C(O)[C@H]1O)CC(=O)O. The van der Waals surface area contributed by atoms with E-state index in [0.717, 1.165) is 0 Å². The largest absolute Gasteiger partial charge is 0.481 e. The summed E-state index contributed by atoms with van der Waals surface area (Å²) in [7, 11) is 0. The molecule has 22 heavy (non-hydrogen) atoms. The molecule has 4 atom stereocenters. The average molecular weight is 321 g/mol. The number of ether oxygens (including phenoxy) is 2. The van der Waals surface area contributed by atoms with Crippen LogP contribution in [-0.2, 0) is 19.1 Å². The Morgan fingerprint density at radius 2 is 1.77 bits per heavy atom. The third-order valence-corrected chi connectivity index (χ3v) is 3.03. The molecule has 0 aromatic carbocycles. The van der Waals surface area contributed by atoms with Gasteiger partial charge < -0.3 is 35.2 Å². The van der Waals surface area contributed by atoms with E-state index >= 15 is 0 Å². The number of nitrogens with one attached hydrogen (secondary N) is 1. The molecule has 1 rings (SSSR count). The molecule has 1 fully saturated rings. The van der Waals surface area contributed by atoms with E-state index in [1.807, 2.05) is 0 Å². The highest BCUT2D eigenvalue weighted by Crippen LogP contribution is 2.23. The third kappa shape index (κ3) is 4.83. The molecule has 0 aromatic heterocycles. The molecule has 0 saturated carbocycles. The first kappa shape index (κ1) is 18.1. The topological polar surface area (TPSA) is 163 Å². The number of aliphatic hydroxyl groups is 2. The fraction of sp³-hybridized carbons (Fsp3) is 0.750. The lowest BCUT2D eigenvalue weighted by atomic mass is 9.89. The fourth-order valence-electron chi connectivity index (χ4n) is 1.88. The second-order valence-electron chi connectivity index (χ2n) is 5.74. The van der Waals surface area contributed by atoms with E-state index in [1.165, 1.54) is 0 Å². The minimum atomic E-state index is -1.72. The number of carbonyl (C=O) groups is 3. The summed E-state index contributed by atoms with van der Waals surface area (Å²) >= 11 is 0. The first-order valence-corrected chi connectivity index (χ1v) is 6.44. The molecule has 0 bridgehead atoms. The molecule has 0 spiro atoms. The van der Waals surface area contributed by atoms with Crippen LogP contribution in [0.25, 0.3) is 0 Å². The van der Waals surface area contributed by atoms with Crippen molar-refractivity contribution < 1.29 is 44.3 Å². The molecule has 1 heterocycles. The Bertz CT molecular complexity index is 450. The number of aliphatic carboxylic acids is 2. The minimum Gasteiger partial charge on any atom is -0.481 e. The van der Waals surface area contributed by atoms with Crippen LogP contribution in [0, 0.1) is 5.41 Å². The van der Waals surface area contributed by atoms with Crippen LogP contribution in [0.1, 0.15) is 20.3 Å². The quantitative estimate of drug-likeness (QED) is 0.402.